The van der Waals surface area contributed by atoms with Crippen LogP contribution < -0.4 is 10.6 Å². The van der Waals surface area contributed by atoms with Crippen LogP contribution in [0.2, 0.25) is 5.02 Å². The second kappa shape index (κ2) is 10.2. The van der Waals surface area contributed by atoms with Gasteiger partial charge in [-0.1, -0.05) is 53.7 Å². The number of amides is 2. The Morgan fingerprint density at radius 1 is 1.06 bits per heavy atom. The summed E-state index contributed by atoms with van der Waals surface area (Å²) in [7, 11) is 0. The topological polar surface area (TPSA) is 71.1 Å². The van der Waals surface area contributed by atoms with E-state index in [1.807, 2.05) is 55.5 Å². The number of hydrogen-bond donors (Lipinski definition) is 2. The molecule has 0 radical (unpaired) electrons. The molecule has 0 fully saturated rings. The summed E-state index contributed by atoms with van der Waals surface area (Å²) in [5, 5.41) is 6.49. The predicted octanol–water partition coefficient (Wildman–Crippen LogP) is 6.17. The number of hydrogen-bond acceptors (Lipinski definition) is 5. The number of carbonyl (C=O) groups is 2. The third-order valence-electron chi connectivity index (χ3n) is 4.74. The normalized spacial score (nSPS) is 11.8. The van der Waals surface area contributed by atoms with Gasteiger partial charge >= 0.3 is 0 Å². The minimum Gasteiger partial charge on any atom is -0.349 e. The molecule has 2 amide bonds. The summed E-state index contributed by atoms with van der Waals surface area (Å²) in [5.41, 5.74) is 3.12. The number of rotatable bonds is 7. The first-order valence-corrected chi connectivity index (χ1v) is 12.1. The minimum absolute atomic E-state index is 0.0403. The molecule has 1 aromatic heterocycles. The SMILES string of the molecule is C[C@H](NC(=O)CSc1nc2ccc(NC(=O)c3ccc(Cl)cc3)cc2s1)c1ccccc1. The number of nitrogens with one attached hydrogen (secondary N) is 2. The van der Waals surface area contributed by atoms with Gasteiger partial charge in [0.15, 0.2) is 4.34 Å². The van der Waals surface area contributed by atoms with Crippen LogP contribution in [-0.2, 0) is 4.79 Å². The molecule has 0 aliphatic heterocycles. The third-order valence-corrected chi connectivity index (χ3v) is 7.15. The summed E-state index contributed by atoms with van der Waals surface area (Å²) < 4.78 is 1.75. The molecule has 0 unspecified atom stereocenters. The van der Waals surface area contributed by atoms with Gasteiger partial charge in [0.25, 0.3) is 5.91 Å². The maximum absolute atomic E-state index is 12.4. The molecule has 162 valence electrons. The molecule has 0 aliphatic rings. The maximum Gasteiger partial charge on any atom is 0.255 e. The maximum atomic E-state index is 12.4. The molecule has 4 aromatic rings. The Hall–Kier alpha value is -2.87. The van der Waals surface area contributed by atoms with Crippen molar-refractivity contribution in [2.75, 3.05) is 11.1 Å². The number of anilines is 1. The molecule has 0 spiro atoms. The summed E-state index contributed by atoms with van der Waals surface area (Å²) >= 11 is 8.78. The lowest BCUT2D eigenvalue weighted by Gasteiger charge is -2.13. The highest BCUT2D eigenvalue weighted by Crippen LogP contribution is 2.31. The second-order valence-electron chi connectivity index (χ2n) is 7.11. The van der Waals surface area contributed by atoms with Crippen LogP contribution in [0.4, 0.5) is 5.69 Å². The van der Waals surface area contributed by atoms with Crippen LogP contribution in [0.5, 0.6) is 0 Å². The van der Waals surface area contributed by atoms with Crippen LogP contribution in [0.15, 0.2) is 77.1 Å². The highest BCUT2D eigenvalue weighted by Gasteiger charge is 2.12. The van der Waals surface area contributed by atoms with Gasteiger partial charge in [0.1, 0.15) is 0 Å². The highest BCUT2D eigenvalue weighted by atomic mass is 35.5. The molecule has 2 N–H and O–H groups in total. The first-order chi connectivity index (χ1) is 15.5. The molecule has 0 aliphatic carbocycles. The van der Waals surface area contributed by atoms with Crippen molar-refractivity contribution in [3.63, 3.8) is 0 Å². The van der Waals surface area contributed by atoms with Crippen molar-refractivity contribution < 1.29 is 9.59 Å². The monoisotopic (exact) mass is 481 g/mol. The van der Waals surface area contributed by atoms with Crippen LogP contribution in [0, 0.1) is 0 Å². The van der Waals surface area contributed by atoms with E-state index in [-0.39, 0.29) is 23.6 Å². The van der Waals surface area contributed by atoms with Gasteiger partial charge in [0.2, 0.25) is 5.91 Å². The molecule has 5 nitrogen and oxygen atoms in total. The van der Waals surface area contributed by atoms with Gasteiger partial charge in [-0.2, -0.15) is 0 Å². The number of thiazole rings is 1. The van der Waals surface area contributed by atoms with E-state index in [0.717, 1.165) is 20.1 Å². The largest absolute Gasteiger partial charge is 0.349 e. The smallest absolute Gasteiger partial charge is 0.255 e. The highest BCUT2D eigenvalue weighted by molar-refractivity contribution is 8.01. The Kier molecular flexibility index (Phi) is 7.09. The zero-order valence-corrected chi connectivity index (χ0v) is 19.6. The molecule has 8 heteroatoms. The van der Waals surface area contributed by atoms with Crippen molar-refractivity contribution in [2.24, 2.45) is 0 Å². The van der Waals surface area contributed by atoms with Gasteiger partial charge in [-0.05, 0) is 55.0 Å². The van der Waals surface area contributed by atoms with E-state index in [4.69, 9.17) is 11.6 Å². The van der Waals surface area contributed by atoms with Crippen LogP contribution >= 0.6 is 34.7 Å². The average molecular weight is 482 g/mol. The second-order valence-corrected chi connectivity index (χ2v) is 9.80. The molecule has 0 bridgehead atoms. The average Bonchev–Trinajstić information content (AvgIpc) is 3.21. The zero-order chi connectivity index (χ0) is 22.5. The molecule has 3 aromatic carbocycles. The standard InChI is InChI=1S/C24H20ClN3O2S2/c1-15(16-5-3-2-4-6-16)26-22(29)14-31-24-28-20-12-11-19(13-21(20)32-24)27-23(30)17-7-9-18(25)10-8-17/h2-13,15H,14H2,1H3,(H,26,29)(H,27,30)/t15-/m0/s1. The number of benzene rings is 3. The van der Waals surface area contributed by atoms with Gasteiger partial charge in [-0.3, -0.25) is 9.59 Å². The Bertz CT molecular complexity index is 1240. The van der Waals surface area contributed by atoms with Gasteiger partial charge in [0.05, 0.1) is 22.0 Å². The summed E-state index contributed by atoms with van der Waals surface area (Å²) in [6.07, 6.45) is 0. The molecule has 1 atom stereocenters. The molecule has 1 heterocycles. The van der Waals surface area contributed by atoms with Crippen molar-refractivity contribution in [1.29, 1.82) is 0 Å². The van der Waals surface area contributed by atoms with Crippen molar-refractivity contribution >= 4 is 62.4 Å². The van der Waals surface area contributed by atoms with Gasteiger partial charge in [-0.15, -0.1) is 11.3 Å². The van der Waals surface area contributed by atoms with Crippen molar-refractivity contribution in [1.82, 2.24) is 10.3 Å². The lowest BCUT2D eigenvalue weighted by Crippen LogP contribution is -2.28. The Labute approximate surface area is 199 Å². The van der Waals surface area contributed by atoms with Crippen LogP contribution in [0.1, 0.15) is 28.9 Å². The predicted molar refractivity (Wildman–Crippen MR) is 133 cm³/mol. The van der Waals surface area contributed by atoms with Crippen molar-refractivity contribution in [3.05, 3.63) is 88.9 Å². The van der Waals surface area contributed by atoms with Gasteiger partial charge < -0.3 is 10.6 Å². The minimum atomic E-state index is -0.204. The quantitative estimate of drug-likeness (QED) is 0.309. The van der Waals surface area contributed by atoms with Crippen molar-refractivity contribution in [2.45, 2.75) is 17.3 Å². The third kappa shape index (κ3) is 5.68. The van der Waals surface area contributed by atoms with Crippen LogP contribution in [0.3, 0.4) is 0 Å². The Morgan fingerprint density at radius 3 is 2.56 bits per heavy atom. The first-order valence-electron chi connectivity index (χ1n) is 9.92. The van der Waals surface area contributed by atoms with Gasteiger partial charge in [0, 0.05) is 16.3 Å². The van der Waals surface area contributed by atoms with E-state index in [1.165, 1.54) is 23.1 Å². The van der Waals surface area contributed by atoms with Crippen LogP contribution in [-0.4, -0.2) is 22.6 Å². The van der Waals surface area contributed by atoms with E-state index in [1.54, 1.807) is 24.3 Å². The summed E-state index contributed by atoms with van der Waals surface area (Å²) in [4.78, 5) is 29.3. The Morgan fingerprint density at radius 2 is 1.81 bits per heavy atom. The van der Waals surface area contributed by atoms with E-state index in [9.17, 15) is 9.59 Å². The number of fused-ring (bicyclic) bond motifs is 1. The number of thioether (sulfide) groups is 1. The zero-order valence-electron chi connectivity index (χ0n) is 17.2. The summed E-state index contributed by atoms with van der Waals surface area (Å²) in [5.74, 6) is 0.0443. The number of nitrogens with zero attached hydrogens (tertiary/aromatic N) is 1. The number of halogens is 1. The van der Waals surface area contributed by atoms with Crippen LogP contribution in [0.25, 0.3) is 10.2 Å². The van der Waals surface area contributed by atoms with Gasteiger partial charge in [-0.25, -0.2) is 4.98 Å². The fraction of sp³-hybridized carbons (Fsp3) is 0.125. The fourth-order valence-corrected chi connectivity index (χ4v) is 5.13. The lowest BCUT2D eigenvalue weighted by molar-refractivity contribution is -0.119. The van der Waals surface area contributed by atoms with E-state index >= 15 is 0 Å². The van der Waals surface area contributed by atoms with E-state index in [2.05, 4.69) is 15.6 Å². The number of aromatic nitrogens is 1. The first kappa shape index (κ1) is 22.3. The fourth-order valence-electron chi connectivity index (χ4n) is 3.08. The van der Waals surface area contributed by atoms with Crippen molar-refractivity contribution in [3.8, 4) is 0 Å². The van der Waals surface area contributed by atoms with E-state index in [0.29, 0.717) is 16.3 Å². The Balaban J connectivity index is 1.36. The summed E-state index contributed by atoms with van der Waals surface area (Å²) in [6, 6.07) is 22.1. The molecule has 0 saturated carbocycles. The summed E-state index contributed by atoms with van der Waals surface area (Å²) in [6.45, 7) is 1.97. The molecule has 4 rings (SSSR count). The number of carbonyl (C=O) groups excluding carboxylic acids is 2. The lowest BCUT2D eigenvalue weighted by atomic mass is 10.1. The van der Waals surface area contributed by atoms with E-state index < -0.39 is 0 Å². The molecular formula is C24H20ClN3O2S2. The molecular weight excluding hydrogens is 462 g/mol. The molecule has 32 heavy (non-hydrogen) atoms. The molecule has 0 saturated heterocycles.